The molecule has 1 aliphatic heterocycles. The van der Waals surface area contributed by atoms with Crippen LogP contribution in [0, 0.1) is 11.8 Å². The van der Waals surface area contributed by atoms with E-state index in [0.717, 1.165) is 38.1 Å². The number of nitrogens with one attached hydrogen (secondary N) is 1. The van der Waals surface area contributed by atoms with Crippen molar-refractivity contribution in [3.63, 3.8) is 0 Å². The number of rotatable bonds is 3. The van der Waals surface area contributed by atoms with E-state index in [9.17, 15) is 23.1 Å². The SMILES string of the molecule is O=C(Nc1cc(C(F)(F)F)ccc1N1CC[C@@H]2CCCCC2C1)c1ccc(O)cc1. The highest BCUT2D eigenvalue weighted by molar-refractivity contribution is 6.06. The molecule has 0 spiro atoms. The van der Waals surface area contributed by atoms with Crippen LogP contribution in [0.2, 0.25) is 0 Å². The van der Waals surface area contributed by atoms with E-state index in [1.165, 1.54) is 49.6 Å². The standard InChI is InChI=1S/C23H25F3N2O2/c24-23(25,26)18-7-10-21(28-12-11-15-3-1-2-4-17(15)14-28)20(13-18)27-22(30)16-5-8-19(29)9-6-16/h5-10,13,15,17,29H,1-4,11-12,14H2,(H,27,30)/t15-,17?/m0/s1. The zero-order valence-electron chi connectivity index (χ0n) is 16.6. The Hall–Kier alpha value is -2.70. The number of aromatic hydroxyl groups is 1. The molecule has 1 amide bonds. The molecular formula is C23H25F3N2O2. The van der Waals surface area contributed by atoms with E-state index < -0.39 is 17.6 Å². The van der Waals surface area contributed by atoms with Gasteiger partial charge in [-0.1, -0.05) is 19.3 Å². The van der Waals surface area contributed by atoms with E-state index >= 15 is 0 Å². The van der Waals surface area contributed by atoms with Gasteiger partial charge in [-0.2, -0.15) is 13.2 Å². The number of halogens is 3. The smallest absolute Gasteiger partial charge is 0.416 e. The number of amides is 1. The Balaban J connectivity index is 1.62. The van der Waals surface area contributed by atoms with Crippen molar-refractivity contribution in [1.82, 2.24) is 0 Å². The van der Waals surface area contributed by atoms with Gasteiger partial charge in [0, 0.05) is 18.7 Å². The van der Waals surface area contributed by atoms with E-state index in [2.05, 4.69) is 10.2 Å². The van der Waals surface area contributed by atoms with Gasteiger partial charge in [-0.3, -0.25) is 4.79 Å². The minimum absolute atomic E-state index is 0.0154. The van der Waals surface area contributed by atoms with Gasteiger partial charge in [-0.05, 0) is 67.1 Å². The predicted molar refractivity (Wildman–Crippen MR) is 110 cm³/mol. The van der Waals surface area contributed by atoms with Crippen molar-refractivity contribution in [2.45, 2.75) is 38.3 Å². The van der Waals surface area contributed by atoms with Crippen LogP contribution in [-0.2, 0) is 6.18 Å². The summed E-state index contributed by atoms with van der Waals surface area (Å²) in [6.45, 7) is 1.58. The lowest BCUT2D eigenvalue weighted by molar-refractivity contribution is -0.137. The second-order valence-corrected chi connectivity index (χ2v) is 8.27. The molecule has 2 aromatic carbocycles. The van der Waals surface area contributed by atoms with Crippen molar-refractivity contribution in [2.75, 3.05) is 23.3 Å². The van der Waals surface area contributed by atoms with E-state index in [4.69, 9.17) is 0 Å². The number of carbonyl (C=O) groups excluding carboxylic acids is 1. The summed E-state index contributed by atoms with van der Waals surface area (Å²) >= 11 is 0. The highest BCUT2D eigenvalue weighted by Gasteiger charge is 2.34. The Labute approximate surface area is 173 Å². The first-order valence-electron chi connectivity index (χ1n) is 10.4. The van der Waals surface area contributed by atoms with Gasteiger partial charge in [0.25, 0.3) is 5.91 Å². The molecule has 4 nitrogen and oxygen atoms in total. The Morgan fingerprint density at radius 2 is 1.70 bits per heavy atom. The van der Waals surface area contributed by atoms with E-state index in [0.29, 0.717) is 17.5 Å². The average Bonchev–Trinajstić information content (AvgIpc) is 2.73. The van der Waals surface area contributed by atoms with Crippen molar-refractivity contribution >= 4 is 17.3 Å². The highest BCUT2D eigenvalue weighted by atomic mass is 19.4. The zero-order valence-corrected chi connectivity index (χ0v) is 16.6. The molecular weight excluding hydrogens is 393 g/mol. The molecule has 0 radical (unpaired) electrons. The summed E-state index contributed by atoms with van der Waals surface area (Å²) in [6, 6.07) is 9.18. The van der Waals surface area contributed by atoms with Crippen LogP contribution in [0.3, 0.4) is 0 Å². The molecule has 7 heteroatoms. The van der Waals surface area contributed by atoms with Gasteiger partial charge < -0.3 is 15.3 Å². The van der Waals surface area contributed by atoms with Crippen LogP contribution in [-0.4, -0.2) is 24.1 Å². The Bertz CT molecular complexity index is 912. The minimum Gasteiger partial charge on any atom is -0.508 e. The van der Waals surface area contributed by atoms with Crippen LogP contribution >= 0.6 is 0 Å². The number of fused-ring (bicyclic) bond motifs is 1. The number of phenolic OH excluding ortho intramolecular Hbond substituents is 1. The monoisotopic (exact) mass is 418 g/mol. The van der Waals surface area contributed by atoms with Crippen molar-refractivity contribution in [3.8, 4) is 5.75 Å². The average molecular weight is 418 g/mol. The summed E-state index contributed by atoms with van der Waals surface area (Å²) in [7, 11) is 0. The first kappa shape index (κ1) is 20.6. The van der Waals surface area contributed by atoms with Crippen LogP contribution in [0.25, 0.3) is 0 Å². The van der Waals surface area contributed by atoms with Gasteiger partial charge in [-0.25, -0.2) is 0 Å². The third-order valence-electron chi connectivity index (χ3n) is 6.33. The largest absolute Gasteiger partial charge is 0.508 e. The van der Waals surface area contributed by atoms with Crippen molar-refractivity contribution in [2.24, 2.45) is 11.8 Å². The summed E-state index contributed by atoms with van der Waals surface area (Å²) in [5, 5.41) is 12.1. The molecule has 1 saturated carbocycles. The van der Waals surface area contributed by atoms with E-state index in [1.807, 2.05) is 0 Å². The first-order valence-corrected chi connectivity index (χ1v) is 10.4. The maximum atomic E-state index is 13.3. The fourth-order valence-corrected chi connectivity index (χ4v) is 4.72. The fraction of sp³-hybridized carbons (Fsp3) is 0.435. The third-order valence-corrected chi connectivity index (χ3v) is 6.33. The second-order valence-electron chi connectivity index (χ2n) is 8.27. The number of hydrogen-bond donors (Lipinski definition) is 2. The number of piperidine rings is 1. The van der Waals surface area contributed by atoms with Crippen molar-refractivity contribution in [1.29, 1.82) is 0 Å². The molecule has 1 unspecified atom stereocenters. The number of anilines is 2. The lowest BCUT2D eigenvalue weighted by Gasteiger charge is -2.42. The summed E-state index contributed by atoms with van der Waals surface area (Å²) in [4.78, 5) is 14.8. The van der Waals surface area contributed by atoms with Gasteiger partial charge in [0.05, 0.1) is 16.9 Å². The molecule has 1 saturated heterocycles. The van der Waals surface area contributed by atoms with Gasteiger partial charge >= 0.3 is 6.18 Å². The van der Waals surface area contributed by atoms with Crippen LogP contribution in [0.4, 0.5) is 24.5 Å². The maximum Gasteiger partial charge on any atom is 0.416 e. The summed E-state index contributed by atoms with van der Waals surface area (Å²) in [5.74, 6) is 0.750. The Morgan fingerprint density at radius 1 is 1.00 bits per heavy atom. The lowest BCUT2D eigenvalue weighted by Crippen LogP contribution is -2.42. The van der Waals surface area contributed by atoms with E-state index in [-0.39, 0.29) is 17.0 Å². The normalized spacial score (nSPS) is 21.8. The predicted octanol–water partition coefficient (Wildman–Crippen LogP) is 5.68. The molecule has 1 aliphatic carbocycles. The third kappa shape index (κ3) is 4.40. The van der Waals surface area contributed by atoms with Gasteiger partial charge in [-0.15, -0.1) is 0 Å². The number of nitrogens with zero attached hydrogens (tertiary/aromatic N) is 1. The van der Waals surface area contributed by atoms with Crippen LogP contribution in [0.15, 0.2) is 42.5 Å². The second kappa shape index (κ2) is 8.20. The van der Waals surface area contributed by atoms with E-state index in [1.54, 1.807) is 0 Å². The topological polar surface area (TPSA) is 52.6 Å². The van der Waals surface area contributed by atoms with Crippen molar-refractivity contribution < 1.29 is 23.1 Å². The van der Waals surface area contributed by atoms with Gasteiger partial charge in [0.2, 0.25) is 0 Å². The molecule has 2 fully saturated rings. The fourth-order valence-electron chi connectivity index (χ4n) is 4.72. The molecule has 0 aromatic heterocycles. The summed E-state index contributed by atoms with van der Waals surface area (Å²) in [5.41, 5.74) is 0.262. The van der Waals surface area contributed by atoms with Crippen molar-refractivity contribution in [3.05, 3.63) is 53.6 Å². The molecule has 160 valence electrons. The number of alkyl halides is 3. The Kier molecular flexibility index (Phi) is 5.62. The first-order chi connectivity index (χ1) is 14.3. The molecule has 4 rings (SSSR count). The molecule has 1 heterocycles. The molecule has 30 heavy (non-hydrogen) atoms. The molecule has 0 bridgehead atoms. The molecule has 2 N–H and O–H groups in total. The minimum atomic E-state index is -4.49. The lowest BCUT2D eigenvalue weighted by atomic mass is 9.75. The number of carbonyl (C=O) groups is 1. The maximum absolute atomic E-state index is 13.3. The van der Waals surface area contributed by atoms with Crippen LogP contribution < -0.4 is 10.2 Å². The number of phenols is 1. The molecule has 2 aromatic rings. The number of benzene rings is 2. The van der Waals surface area contributed by atoms with Gasteiger partial charge in [0.15, 0.2) is 0 Å². The summed E-state index contributed by atoms with van der Waals surface area (Å²) < 4.78 is 39.9. The molecule has 2 atom stereocenters. The molecule has 2 aliphatic rings. The van der Waals surface area contributed by atoms with Crippen LogP contribution in [0.5, 0.6) is 5.75 Å². The quantitative estimate of drug-likeness (QED) is 0.674. The van der Waals surface area contributed by atoms with Crippen LogP contribution in [0.1, 0.15) is 48.0 Å². The Morgan fingerprint density at radius 3 is 2.40 bits per heavy atom. The number of hydrogen-bond acceptors (Lipinski definition) is 3. The van der Waals surface area contributed by atoms with Gasteiger partial charge in [0.1, 0.15) is 5.75 Å². The zero-order chi connectivity index (χ0) is 21.3. The summed E-state index contributed by atoms with van der Waals surface area (Å²) in [6.07, 6.45) is 1.37. The highest BCUT2D eigenvalue weighted by Crippen LogP contribution is 2.41.